The lowest BCUT2D eigenvalue weighted by molar-refractivity contribution is 0.0916. The number of hydrogen-bond donors (Lipinski definition) is 1. The molecule has 1 saturated carbocycles. The maximum absolute atomic E-state index is 6.41. The van der Waals surface area contributed by atoms with Crippen molar-refractivity contribution in [1.82, 2.24) is 0 Å². The predicted octanol–water partition coefficient (Wildman–Crippen LogP) is 3.35. The first kappa shape index (κ1) is 14.0. The third kappa shape index (κ3) is 5.31. The van der Waals surface area contributed by atoms with Gasteiger partial charge in [-0.05, 0) is 37.5 Å². The second-order valence-corrected chi connectivity index (χ2v) is 6.11. The first-order valence-corrected chi connectivity index (χ1v) is 6.88. The van der Waals surface area contributed by atoms with Crippen molar-refractivity contribution < 1.29 is 4.74 Å². The van der Waals surface area contributed by atoms with Crippen LogP contribution >= 0.6 is 0 Å². The van der Waals surface area contributed by atoms with Gasteiger partial charge in [0.05, 0.1) is 0 Å². The van der Waals surface area contributed by atoms with Crippen molar-refractivity contribution in [2.75, 3.05) is 13.2 Å². The Balaban J connectivity index is 2.11. The minimum Gasteiger partial charge on any atom is -0.381 e. The zero-order valence-electron chi connectivity index (χ0n) is 11.3. The second-order valence-electron chi connectivity index (χ2n) is 6.11. The van der Waals surface area contributed by atoms with Crippen molar-refractivity contribution >= 4 is 0 Å². The van der Waals surface area contributed by atoms with E-state index in [2.05, 4.69) is 20.8 Å². The van der Waals surface area contributed by atoms with Gasteiger partial charge in [0, 0.05) is 18.8 Å². The summed E-state index contributed by atoms with van der Waals surface area (Å²) in [4.78, 5) is 0. The molecule has 16 heavy (non-hydrogen) atoms. The summed E-state index contributed by atoms with van der Waals surface area (Å²) in [5.74, 6) is 1.54. The third-order valence-corrected chi connectivity index (χ3v) is 3.71. The van der Waals surface area contributed by atoms with E-state index in [1.807, 2.05) is 0 Å². The molecule has 0 amide bonds. The molecule has 1 rings (SSSR count). The fourth-order valence-corrected chi connectivity index (χ4v) is 2.62. The van der Waals surface area contributed by atoms with Crippen LogP contribution in [-0.2, 0) is 4.74 Å². The molecule has 2 N–H and O–H groups in total. The van der Waals surface area contributed by atoms with Crippen LogP contribution in [0.3, 0.4) is 0 Å². The number of ether oxygens (including phenoxy) is 1. The van der Waals surface area contributed by atoms with Crippen LogP contribution in [0.4, 0.5) is 0 Å². The van der Waals surface area contributed by atoms with Gasteiger partial charge in [0.15, 0.2) is 0 Å². The minimum atomic E-state index is 0.0650. The summed E-state index contributed by atoms with van der Waals surface area (Å²) >= 11 is 0. The maximum atomic E-state index is 6.41. The molecule has 0 radical (unpaired) electrons. The molecular formula is C14H29NO. The Labute approximate surface area is 101 Å². The smallest absolute Gasteiger partial charge is 0.0483 e. The predicted molar refractivity (Wildman–Crippen MR) is 69.4 cm³/mol. The molecule has 2 unspecified atom stereocenters. The first-order chi connectivity index (χ1) is 7.52. The normalized spacial score (nSPS) is 30.9. The summed E-state index contributed by atoms with van der Waals surface area (Å²) in [7, 11) is 0. The highest BCUT2D eigenvalue weighted by molar-refractivity contribution is 4.89. The molecule has 0 aliphatic heterocycles. The fourth-order valence-electron chi connectivity index (χ4n) is 2.62. The largest absolute Gasteiger partial charge is 0.381 e. The van der Waals surface area contributed by atoms with Crippen LogP contribution in [0.2, 0.25) is 0 Å². The Morgan fingerprint density at radius 1 is 1.38 bits per heavy atom. The van der Waals surface area contributed by atoms with Gasteiger partial charge in [0.1, 0.15) is 0 Å². The Kier molecular flexibility index (Phi) is 5.77. The number of hydrogen-bond acceptors (Lipinski definition) is 2. The summed E-state index contributed by atoms with van der Waals surface area (Å²) in [5, 5.41) is 0. The maximum Gasteiger partial charge on any atom is 0.0483 e. The average Bonchev–Trinajstić information content (AvgIpc) is 2.16. The van der Waals surface area contributed by atoms with Crippen LogP contribution in [0.25, 0.3) is 0 Å². The first-order valence-electron chi connectivity index (χ1n) is 6.88. The van der Waals surface area contributed by atoms with Crippen molar-refractivity contribution in [3.63, 3.8) is 0 Å². The average molecular weight is 227 g/mol. The Hall–Kier alpha value is -0.0800. The van der Waals surface area contributed by atoms with Gasteiger partial charge in [-0.3, -0.25) is 0 Å². The Bertz CT molecular complexity index is 193. The highest BCUT2D eigenvalue weighted by Crippen LogP contribution is 2.32. The van der Waals surface area contributed by atoms with E-state index in [-0.39, 0.29) is 5.54 Å². The second kappa shape index (κ2) is 6.61. The molecule has 96 valence electrons. The molecule has 2 heteroatoms. The van der Waals surface area contributed by atoms with Gasteiger partial charge in [-0.1, -0.05) is 33.6 Å². The SMILES string of the molecule is CC(C)CCOCCC1(N)CCCC(C)C1. The van der Waals surface area contributed by atoms with Crippen LogP contribution in [-0.4, -0.2) is 18.8 Å². The Morgan fingerprint density at radius 2 is 2.12 bits per heavy atom. The highest BCUT2D eigenvalue weighted by atomic mass is 16.5. The molecule has 0 aromatic heterocycles. The molecule has 0 aromatic carbocycles. The number of nitrogens with two attached hydrogens (primary N) is 1. The van der Waals surface area contributed by atoms with E-state index >= 15 is 0 Å². The van der Waals surface area contributed by atoms with E-state index in [0.717, 1.165) is 37.9 Å². The van der Waals surface area contributed by atoms with Gasteiger partial charge in [0.25, 0.3) is 0 Å². The lowest BCUT2D eigenvalue weighted by Gasteiger charge is -2.36. The quantitative estimate of drug-likeness (QED) is 0.706. The molecule has 0 aromatic rings. The third-order valence-electron chi connectivity index (χ3n) is 3.71. The van der Waals surface area contributed by atoms with Crippen molar-refractivity contribution in [3.05, 3.63) is 0 Å². The van der Waals surface area contributed by atoms with E-state index in [4.69, 9.17) is 10.5 Å². The van der Waals surface area contributed by atoms with Crippen LogP contribution in [0, 0.1) is 11.8 Å². The van der Waals surface area contributed by atoms with Crippen LogP contribution < -0.4 is 5.73 Å². The topological polar surface area (TPSA) is 35.2 Å². The van der Waals surface area contributed by atoms with E-state index in [1.54, 1.807) is 0 Å². The molecule has 0 saturated heterocycles. The van der Waals surface area contributed by atoms with Crippen molar-refractivity contribution in [2.45, 2.75) is 64.8 Å². The summed E-state index contributed by atoms with van der Waals surface area (Å²) in [6.45, 7) is 8.52. The van der Waals surface area contributed by atoms with Gasteiger partial charge >= 0.3 is 0 Å². The van der Waals surface area contributed by atoms with Gasteiger partial charge < -0.3 is 10.5 Å². The minimum absolute atomic E-state index is 0.0650. The monoisotopic (exact) mass is 227 g/mol. The zero-order valence-corrected chi connectivity index (χ0v) is 11.3. The van der Waals surface area contributed by atoms with Crippen LogP contribution in [0.5, 0.6) is 0 Å². The molecule has 2 atom stereocenters. The summed E-state index contributed by atoms with van der Waals surface area (Å²) in [6, 6.07) is 0. The van der Waals surface area contributed by atoms with Gasteiger partial charge in [-0.2, -0.15) is 0 Å². The van der Waals surface area contributed by atoms with E-state index in [0.29, 0.717) is 0 Å². The summed E-state index contributed by atoms with van der Waals surface area (Å²) in [5.41, 5.74) is 6.48. The van der Waals surface area contributed by atoms with Crippen LogP contribution in [0.1, 0.15) is 59.3 Å². The highest BCUT2D eigenvalue weighted by Gasteiger charge is 2.30. The summed E-state index contributed by atoms with van der Waals surface area (Å²) in [6.07, 6.45) is 7.21. The Morgan fingerprint density at radius 3 is 2.75 bits per heavy atom. The molecule has 1 aliphatic carbocycles. The molecular weight excluding hydrogens is 198 g/mol. The molecule has 0 bridgehead atoms. The molecule has 0 heterocycles. The number of rotatable bonds is 6. The van der Waals surface area contributed by atoms with E-state index < -0.39 is 0 Å². The molecule has 0 spiro atoms. The van der Waals surface area contributed by atoms with Crippen molar-refractivity contribution in [3.8, 4) is 0 Å². The van der Waals surface area contributed by atoms with Crippen LogP contribution in [0.15, 0.2) is 0 Å². The van der Waals surface area contributed by atoms with Gasteiger partial charge in [-0.15, -0.1) is 0 Å². The van der Waals surface area contributed by atoms with Gasteiger partial charge in [0.2, 0.25) is 0 Å². The van der Waals surface area contributed by atoms with E-state index in [1.165, 1.54) is 25.7 Å². The molecule has 2 nitrogen and oxygen atoms in total. The fraction of sp³-hybridized carbons (Fsp3) is 1.00. The summed E-state index contributed by atoms with van der Waals surface area (Å²) < 4.78 is 5.67. The standard InChI is InChI=1S/C14H29NO/c1-12(2)6-9-16-10-8-14(15)7-4-5-13(3)11-14/h12-13H,4-11,15H2,1-3H3. The molecule has 1 aliphatic rings. The lowest BCUT2D eigenvalue weighted by atomic mass is 9.75. The lowest BCUT2D eigenvalue weighted by Crippen LogP contribution is -2.44. The van der Waals surface area contributed by atoms with Gasteiger partial charge in [-0.25, -0.2) is 0 Å². The zero-order chi connectivity index (χ0) is 12.0. The molecule has 1 fully saturated rings. The van der Waals surface area contributed by atoms with E-state index in [9.17, 15) is 0 Å². The van der Waals surface area contributed by atoms with Crippen molar-refractivity contribution in [1.29, 1.82) is 0 Å². The van der Waals surface area contributed by atoms with Crippen molar-refractivity contribution in [2.24, 2.45) is 17.6 Å².